The first kappa shape index (κ1) is 19.2. The highest BCUT2D eigenvalue weighted by Crippen LogP contribution is 2.27. The molecule has 2 fully saturated rings. The second-order valence-corrected chi connectivity index (χ2v) is 7.77. The van der Waals surface area contributed by atoms with E-state index in [4.69, 9.17) is 0 Å². The van der Waals surface area contributed by atoms with Crippen LogP contribution in [0.4, 0.5) is 16.3 Å². The Bertz CT molecular complexity index is 1210. The summed E-state index contributed by atoms with van der Waals surface area (Å²) in [4.78, 5) is 32.6. The van der Waals surface area contributed by atoms with Crippen molar-refractivity contribution >= 4 is 35.4 Å². The van der Waals surface area contributed by atoms with Crippen molar-refractivity contribution in [2.24, 2.45) is 0 Å². The predicted octanol–water partition coefficient (Wildman–Crippen LogP) is 2.44. The molecule has 2 amide bonds. The highest BCUT2D eigenvalue weighted by molar-refractivity contribution is 6.15. The third-order valence-corrected chi connectivity index (χ3v) is 5.25. The zero-order chi connectivity index (χ0) is 21.5. The summed E-state index contributed by atoms with van der Waals surface area (Å²) in [6.07, 6.45) is 5.37. The smallest absolute Gasteiger partial charge is 0.254 e. The van der Waals surface area contributed by atoms with Crippen LogP contribution in [-0.2, 0) is 9.59 Å². The maximum atomic E-state index is 13.2. The quantitative estimate of drug-likeness (QED) is 0.414. The molecule has 0 radical (unpaired) electrons. The fraction of sp³-hybridized carbons (Fsp3) is 0.286. The minimum absolute atomic E-state index is 0.0289. The molecule has 2 aromatic heterocycles. The first-order chi connectivity index (χ1) is 15.0. The van der Waals surface area contributed by atoms with E-state index in [0.717, 1.165) is 18.4 Å². The maximum Gasteiger partial charge on any atom is 0.254 e. The minimum Gasteiger partial charge on any atom is -0.351 e. The second kappa shape index (κ2) is 7.46. The van der Waals surface area contributed by atoms with Gasteiger partial charge in [0, 0.05) is 17.2 Å². The van der Waals surface area contributed by atoms with Gasteiger partial charge >= 0.3 is 0 Å². The highest BCUT2D eigenvalue weighted by Gasteiger charge is 2.26. The minimum atomic E-state index is -0.405. The number of amides is 2. The molecule has 2 aliphatic rings. The van der Waals surface area contributed by atoms with Crippen LogP contribution in [-0.4, -0.2) is 37.4 Å². The van der Waals surface area contributed by atoms with Gasteiger partial charge in [-0.3, -0.25) is 14.9 Å². The molecule has 1 atom stereocenters. The van der Waals surface area contributed by atoms with Crippen molar-refractivity contribution in [3.05, 3.63) is 53.0 Å². The topological polar surface area (TPSA) is 113 Å². The number of fused-ring (bicyclic) bond motifs is 1. The van der Waals surface area contributed by atoms with Gasteiger partial charge in [0.05, 0.1) is 18.7 Å². The lowest BCUT2D eigenvalue weighted by atomic mass is 10.1. The molecule has 1 aromatic carbocycles. The Labute approximate surface area is 176 Å². The van der Waals surface area contributed by atoms with Crippen LogP contribution in [0, 0.1) is 5.82 Å². The van der Waals surface area contributed by atoms with E-state index < -0.39 is 5.91 Å². The Balaban J connectivity index is 1.52. The molecule has 3 N–H and O–H groups in total. The first-order valence-electron chi connectivity index (χ1n) is 10.1. The number of halogens is 1. The SMILES string of the molecule is CC(Nc1nc(NC2CC2)n2ncc(/C=C3\CC(=O)NC3=O)c2n1)c1ccc(F)cc1. The molecule has 3 aromatic rings. The summed E-state index contributed by atoms with van der Waals surface area (Å²) in [5.74, 6) is -0.111. The van der Waals surface area contributed by atoms with Crippen molar-refractivity contribution in [2.45, 2.75) is 38.3 Å². The van der Waals surface area contributed by atoms with E-state index in [1.807, 2.05) is 6.92 Å². The molecule has 1 saturated heterocycles. The lowest BCUT2D eigenvalue weighted by Gasteiger charge is -2.16. The molecule has 0 spiro atoms. The molecule has 1 aliphatic heterocycles. The molecule has 0 bridgehead atoms. The number of benzene rings is 1. The van der Waals surface area contributed by atoms with Gasteiger partial charge in [-0.1, -0.05) is 12.1 Å². The predicted molar refractivity (Wildman–Crippen MR) is 112 cm³/mol. The molecular weight excluding hydrogens is 401 g/mol. The first-order valence-corrected chi connectivity index (χ1v) is 10.1. The number of aromatic nitrogens is 4. The Morgan fingerprint density at radius 1 is 1.23 bits per heavy atom. The van der Waals surface area contributed by atoms with E-state index in [-0.39, 0.29) is 24.2 Å². The van der Waals surface area contributed by atoms with Crippen molar-refractivity contribution in [1.29, 1.82) is 0 Å². The fourth-order valence-electron chi connectivity index (χ4n) is 3.40. The van der Waals surface area contributed by atoms with Gasteiger partial charge in [-0.05, 0) is 43.5 Å². The Hall–Kier alpha value is -3.82. The average Bonchev–Trinajstić information content (AvgIpc) is 3.37. The molecule has 1 unspecified atom stereocenters. The molecule has 10 heteroatoms. The van der Waals surface area contributed by atoms with Gasteiger partial charge in [-0.15, -0.1) is 0 Å². The van der Waals surface area contributed by atoms with Gasteiger partial charge in [0.2, 0.25) is 17.8 Å². The van der Waals surface area contributed by atoms with Crippen molar-refractivity contribution in [2.75, 3.05) is 10.6 Å². The number of nitrogens with zero attached hydrogens (tertiary/aromatic N) is 4. The summed E-state index contributed by atoms with van der Waals surface area (Å²) in [6.45, 7) is 1.93. The third-order valence-electron chi connectivity index (χ3n) is 5.25. The molecular formula is C21H20FN7O2. The number of anilines is 2. The highest BCUT2D eigenvalue weighted by atomic mass is 19.1. The van der Waals surface area contributed by atoms with Gasteiger partial charge in [-0.2, -0.15) is 19.6 Å². The van der Waals surface area contributed by atoms with Gasteiger partial charge in [0.1, 0.15) is 5.82 Å². The van der Waals surface area contributed by atoms with E-state index in [1.54, 1.807) is 28.9 Å². The number of nitrogens with one attached hydrogen (secondary N) is 3. The maximum absolute atomic E-state index is 13.2. The number of rotatable bonds is 6. The zero-order valence-electron chi connectivity index (χ0n) is 16.7. The molecule has 1 saturated carbocycles. The Morgan fingerprint density at radius 3 is 2.68 bits per heavy atom. The van der Waals surface area contributed by atoms with Gasteiger partial charge < -0.3 is 10.6 Å². The normalized spacial score (nSPS) is 18.5. The summed E-state index contributed by atoms with van der Waals surface area (Å²) >= 11 is 0. The molecule has 9 nitrogen and oxygen atoms in total. The number of hydrogen-bond acceptors (Lipinski definition) is 7. The van der Waals surface area contributed by atoms with Crippen LogP contribution in [0.2, 0.25) is 0 Å². The van der Waals surface area contributed by atoms with Crippen molar-refractivity contribution in [3.8, 4) is 0 Å². The molecule has 31 heavy (non-hydrogen) atoms. The van der Waals surface area contributed by atoms with Crippen LogP contribution in [0.3, 0.4) is 0 Å². The van der Waals surface area contributed by atoms with E-state index >= 15 is 0 Å². The summed E-state index contributed by atoms with van der Waals surface area (Å²) in [5.41, 5.74) is 2.37. The lowest BCUT2D eigenvalue weighted by Crippen LogP contribution is -2.19. The molecule has 1 aliphatic carbocycles. The number of carbonyl (C=O) groups excluding carboxylic acids is 2. The van der Waals surface area contributed by atoms with Crippen molar-refractivity contribution < 1.29 is 14.0 Å². The monoisotopic (exact) mass is 421 g/mol. The summed E-state index contributed by atoms with van der Waals surface area (Å²) < 4.78 is 14.8. The Morgan fingerprint density at radius 2 is 2.00 bits per heavy atom. The molecule has 158 valence electrons. The Kier molecular flexibility index (Phi) is 4.61. The largest absolute Gasteiger partial charge is 0.351 e. The van der Waals surface area contributed by atoms with Gasteiger partial charge in [0.25, 0.3) is 5.91 Å². The zero-order valence-corrected chi connectivity index (χ0v) is 16.7. The molecule has 5 rings (SSSR count). The average molecular weight is 421 g/mol. The fourth-order valence-corrected chi connectivity index (χ4v) is 3.40. The number of hydrogen-bond donors (Lipinski definition) is 3. The number of carbonyl (C=O) groups is 2. The number of imide groups is 1. The second-order valence-electron chi connectivity index (χ2n) is 7.77. The van der Waals surface area contributed by atoms with E-state index in [1.165, 1.54) is 12.1 Å². The van der Waals surface area contributed by atoms with Crippen LogP contribution in [0.1, 0.15) is 43.4 Å². The summed E-state index contributed by atoms with van der Waals surface area (Å²) in [6, 6.07) is 6.41. The third kappa shape index (κ3) is 3.96. The van der Waals surface area contributed by atoms with E-state index in [9.17, 15) is 14.0 Å². The van der Waals surface area contributed by atoms with Crippen molar-refractivity contribution in [3.63, 3.8) is 0 Å². The summed E-state index contributed by atoms with van der Waals surface area (Å²) in [7, 11) is 0. The lowest BCUT2D eigenvalue weighted by molar-refractivity contribution is -0.124. The van der Waals surface area contributed by atoms with Crippen molar-refractivity contribution in [1.82, 2.24) is 24.9 Å². The standard InChI is InChI=1S/C21H20FN7O2/c1-11(12-2-4-15(22)5-3-12)24-20-27-18-14(8-13-9-17(30)26-19(13)31)10-23-29(18)21(28-20)25-16-6-7-16/h2-5,8,10-11,16H,6-7,9H2,1H3,(H,26,30,31)(H2,24,25,27,28)/b13-8+. The van der Waals surface area contributed by atoms with Crippen LogP contribution < -0.4 is 16.0 Å². The van der Waals surface area contributed by atoms with Gasteiger partial charge in [-0.25, -0.2) is 4.39 Å². The van der Waals surface area contributed by atoms with Crippen LogP contribution in [0.5, 0.6) is 0 Å². The van der Waals surface area contributed by atoms with E-state index in [0.29, 0.717) is 34.7 Å². The molecule has 3 heterocycles. The van der Waals surface area contributed by atoms with Crippen LogP contribution in [0.25, 0.3) is 11.7 Å². The summed E-state index contributed by atoms with van der Waals surface area (Å²) in [5, 5.41) is 13.2. The van der Waals surface area contributed by atoms with Crippen LogP contribution >= 0.6 is 0 Å². The van der Waals surface area contributed by atoms with E-state index in [2.05, 4.69) is 31.0 Å². The van der Waals surface area contributed by atoms with Crippen LogP contribution in [0.15, 0.2) is 36.0 Å². The van der Waals surface area contributed by atoms with Gasteiger partial charge in [0.15, 0.2) is 5.65 Å².